The maximum absolute atomic E-state index is 13.2. The standard InChI is InChI=1S/C29H35N5O3/c1-21(2)34(29(36)24-8-6-22(3)7-9-24)20-28(35)33-17-5-16-32(18-19-33)27-15-14-26(30-31-27)23-10-12-25(37-4)13-11-23/h6-15,21H,5,16-20H2,1-4H3. The monoisotopic (exact) mass is 501 g/mol. The maximum atomic E-state index is 13.2. The lowest BCUT2D eigenvalue weighted by atomic mass is 10.1. The summed E-state index contributed by atoms with van der Waals surface area (Å²) in [5.41, 5.74) is 3.47. The maximum Gasteiger partial charge on any atom is 0.254 e. The van der Waals surface area contributed by atoms with Gasteiger partial charge in [-0.3, -0.25) is 9.59 Å². The first kappa shape index (κ1) is 26.1. The molecule has 1 fully saturated rings. The first-order chi connectivity index (χ1) is 17.9. The van der Waals surface area contributed by atoms with Crippen molar-refractivity contribution in [2.45, 2.75) is 33.2 Å². The van der Waals surface area contributed by atoms with Gasteiger partial charge in [0.15, 0.2) is 5.82 Å². The number of carbonyl (C=O) groups is 2. The summed E-state index contributed by atoms with van der Waals surface area (Å²) < 4.78 is 5.22. The van der Waals surface area contributed by atoms with Crippen molar-refractivity contribution < 1.29 is 14.3 Å². The van der Waals surface area contributed by atoms with Gasteiger partial charge in [-0.05, 0) is 75.7 Å². The van der Waals surface area contributed by atoms with Crippen molar-refractivity contribution in [2.24, 2.45) is 0 Å². The molecule has 1 saturated heterocycles. The third-order valence-corrected chi connectivity index (χ3v) is 6.70. The summed E-state index contributed by atoms with van der Waals surface area (Å²) in [4.78, 5) is 32.0. The smallest absolute Gasteiger partial charge is 0.254 e. The number of aromatic nitrogens is 2. The van der Waals surface area contributed by atoms with Crippen LogP contribution in [-0.2, 0) is 4.79 Å². The molecule has 0 radical (unpaired) electrons. The largest absolute Gasteiger partial charge is 0.497 e. The van der Waals surface area contributed by atoms with Crippen LogP contribution in [0.4, 0.5) is 5.82 Å². The second-order valence-electron chi connectivity index (χ2n) is 9.62. The van der Waals surface area contributed by atoms with E-state index in [-0.39, 0.29) is 24.4 Å². The molecular formula is C29H35N5O3. The van der Waals surface area contributed by atoms with Crippen LogP contribution in [0.25, 0.3) is 11.3 Å². The number of amides is 2. The average Bonchev–Trinajstić information content (AvgIpc) is 3.18. The minimum Gasteiger partial charge on any atom is -0.497 e. The zero-order valence-electron chi connectivity index (χ0n) is 22.1. The van der Waals surface area contributed by atoms with Gasteiger partial charge < -0.3 is 19.4 Å². The van der Waals surface area contributed by atoms with Crippen molar-refractivity contribution in [1.82, 2.24) is 20.0 Å². The molecule has 8 heteroatoms. The number of methoxy groups -OCH3 is 1. The van der Waals surface area contributed by atoms with Gasteiger partial charge in [0.05, 0.1) is 12.8 Å². The Hall–Kier alpha value is -3.94. The van der Waals surface area contributed by atoms with Crippen LogP contribution in [0, 0.1) is 6.92 Å². The fourth-order valence-electron chi connectivity index (χ4n) is 4.40. The highest BCUT2D eigenvalue weighted by Crippen LogP contribution is 2.22. The van der Waals surface area contributed by atoms with Gasteiger partial charge >= 0.3 is 0 Å². The van der Waals surface area contributed by atoms with Crippen molar-refractivity contribution in [2.75, 3.05) is 44.7 Å². The van der Waals surface area contributed by atoms with Gasteiger partial charge in [0.1, 0.15) is 12.3 Å². The Balaban J connectivity index is 1.37. The van der Waals surface area contributed by atoms with Crippen molar-refractivity contribution in [3.63, 3.8) is 0 Å². The van der Waals surface area contributed by atoms with Crippen molar-refractivity contribution in [3.05, 3.63) is 71.8 Å². The van der Waals surface area contributed by atoms with Crippen molar-refractivity contribution >= 4 is 17.6 Å². The van der Waals surface area contributed by atoms with E-state index in [0.29, 0.717) is 25.2 Å². The minimum atomic E-state index is -0.118. The van der Waals surface area contributed by atoms with Gasteiger partial charge in [-0.25, -0.2) is 0 Å². The molecular weight excluding hydrogens is 466 g/mol. The van der Waals surface area contributed by atoms with E-state index in [1.165, 1.54) is 0 Å². The SMILES string of the molecule is COc1ccc(-c2ccc(N3CCCN(C(=O)CN(C(=O)c4ccc(C)cc4)C(C)C)CC3)nn2)cc1. The number of rotatable bonds is 7. The Kier molecular flexibility index (Phi) is 8.38. The lowest BCUT2D eigenvalue weighted by molar-refractivity contribution is -0.132. The van der Waals surface area contributed by atoms with Crippen LogP contribution in [-0.4, -0.2) is 77.7 Å². The zero-order valence-corrected chi connectivity index (χ0v) is 22.1. The van der Waals surface area contributed by atoms with Crippen LogP contribution in [0.2, 0.25) is 0 Å². The molecule has 0 N–H and O–H groups in total. The number of hydrogen-bond donors (Lipinski definition) is 0. The Morgan fingerprint density at radius 3 is 2.27 bits per heavy atom. The molecule has 0 unspecified atom stereocenters. The zero-order chi connectivity index (χ0) is 26.4. The molecule has 0 bridgehead atoms. The topological polar surface area (TPSA) is 78.9 Å². The van der Waals surface area contributed by atoms with Gasteiger partial charge in [-0.2, -0.15) is 0 Å². The predicted octanol–water partition coefficient (Wildman–Crippen LogP) is 4.05. The van der Waals surface area contributed by atoms with Gasteiger partial charge in [0, 0.05) is 43.3 Å². The number of hydrogen-bond acceptors (Lipinski definition) is 6. The summed E-state index contributed by atoms with van der Waals surface area (Å²) in [7, 11) is 1.64. The van der Waals surface area contributed by atoms with E-state index >= 15 is 0 Å². The van der Waals surface area contributed by atoms with Crippen LogP contribution >= 0.6 is 0 Å². The second-order valence-corrected chi connectivity index (χ2v) is 9.62. The van der Waals surface area contributed by atoms with E-state index in [2.05, 4.69) is 15.1 Å². The molecule has 194 valence electrons. The lowest BCUT2D eigenvalue weighted by Crippen LogP contribution is -2.46. The quantitative estimate of drug-likeness (QED) is 0.486. The Morgan fingerprint density at radius 2 is 1.65 bits per heavy atom. The summed E-state index contributed by atoms with van der Waals surface area (Å²) in [5.74, 6) is 1.45. The van der Waals surface area contributed by atoms with Gasteiger partial charge in [-0.1, -0.05) is 17.7 Å². The summed E-state index contributed by atoms with van der Waals surface area (Å²) in [5, 5.41) is 8.88. The van der Waals surface area contributed by atoms with Gasteiger partial charge in [-0.15, -0.1) is 10.2 Å². The summed E-state index contributed by atoms with van der Waals surface area (Å²) >= 11 is 0. The molecule has 2 heterocycles. The van der Waals surface area contributed by atoms with E-state index in [1.54, 1.807) is 12.0 Å². The first-order valence-electron chi connectivity index (χ1n) is 12.7. The second kappa shape index (κ2) is 11.9. The Labute approximate surface area is 218 Å². The molecule has 1 aromatic heterocycles. The predicted molar refractivity (Wildman–Crippen MR) is 145 cm³/mol. The number of benzene rings is 2. The summed E-state index contributed by atoms with van der Waals surface area (Å²) in [6.45, 7) is 8.62. The number of carbonyl (C=O) groups excluding carboxylic acids is 2. The molecule has 3 aromatic rings. The number of aryl methyl sites for hydroxylation is 1. The third kappa shape index (κ3) is 6.44. The molecule has 8 nitrogen and oxygen atoms in total. The number of nitrogens with zero attached hydrogens (tertiary/aromatic N) is 5. The molecule has 0 aliphatic carbocycles. The van der Waals surface area contributed by atoms with Crippen LogP contribution in [0.15, 0.2) is 60.7 Å². The van der Waals surface area contributed by atoms with Crippen molar-refractivity contribution in [1.29, 1.82) is 0 Å². The minimum absolute atomic E-state index is 0.0306. The summed E-state index contributed by atoms with van der Waals surface area (Å²) in [6, 6.07) is 19.1. The van der Waals surface area contributed by atoms with E-state index in [4.69, 9.17) is 4.74 Å². The molecule has 0 spiro atoms. The highest BCUT2D eigenvalue weighted by molar-refractivity contribution is 5.96. The first-order valence-corrected chi connectivity index (χ1v) is 12.7. The van der Waals surface area contributed by atoms with Crippen LogP contribution in [0.1, 0.15) is 36.2 Å². The van der Waals surface area contributed by atoms with E-state index in [1.807, 2.05) is 86.3 Å². The normalized spacial score (nSPS) is 13.9. The molecule has 1 aliphatic heterocycles. The molecule has 2 aromatic carbocycles. The van der Waals surface area contributed by atoms with E-state index in [9.17, 15) is 9.59 Å². The van der Waals surface area contributed by atoms with E-state index < -0.39 is 0 Å². The fraction of sp³-hybridized carbons (Fsp3) is 0.379. The molecule has 0 atom stereocenters. The molecule has 4 rings (SSSR count). The van der Waals surface area contributed by atoms with E-state index in [0.717, 1.165) is 41.4 Å². The van der Waals surface area contributed by atoms with Crippen molar-refractivity contribution in [3.8, 4) is 17.0 Å². The van der Waals surface area contributed by atoms with Crippen LogP contribution < -0.4 is 9.64 Å². The third-order valence-electron chi connectivity index (χ3n) is 6.70. The van der Waals surface area contributed by atoms with Crippen LogP contribution in [0.3, 0.4) is 0 Å². The highest BCUT2D eigenvalue weighted by atomic mass is 16.5. The Bertz CT molecular complexity index is 1190. The number of anilines is 1. The van der Waals surface area contributed by atoms with Gasteiger partial charge in [0.25, 0.3) is 5.91 Å². The lowest BCUT2D eigenvalue weighted by Gasteiger charge is -2.29. The molecule has 0 saturated carbocycles. The fourth-order valence-corrected chi connectivity index (χ4v) is 4.40. The average molecular weight is 502 g/mol. The van der Waals surface area contributed by atoms with Gasteiger partial charge in [0.2, 0.25) is 5.91 Å². The Morgan fingerprint density at radius 1 is 0.919 bits per heavy atom. The summed E-state index contributed by atoms with van der Waals surface area (Å²) in [6.07, 6.45) is 0.821. The molecule has 1 aliphatic rings. The molecule has 37 heavy (non-hydrogen) atoms. The highest BCUT2D eigenvalue weighted by Gasteiger charge is 2.26. The molecule has 2 amide bonds. The number of ether oxygens (including phenoxy) is 1. The van der Waals surface area contributed by atoms with Crippen LogP contribution in [0.5, 0.6) is 5.75 Å².